The number of hydrogen-bond donors (Lipinski definition) is 1. The first-order valence-electron chi connectivity index (χ1n) is 8.67. The van der Waals surface area contributed by atoms with Gasteiger partial charge in [-0.1, -0.05) is 49.4 Å². The van der Waals surface area contributed by atoms with E-state index in [1.807, 2.05) is 12.1 Å². The minimum Gasteiger partial charge on any atom is -0.299 e. The highest BCUT2D eigenvalue weighted by Gasteiger charge is 2.12. The van der Waals surface area contributed by atoms with Crippen molar-refractivity contribution in [2.75, 3.05) is 5.32 Å². The van der Waals surface area contributed by atoms with E-state index in [1.165, 1.54) is 39.1 Å². The van der Waals surface area contributed by atoms with Gasteiger partial charge in [-0.15, -0.1) is 21.5 Å². The van der Waals surface area contributed by atoms with Crippen LogP contribution in [0, 0.1) is 0 Å². The van der Waals surface area contributed by atoms with E-state index in [1.54, 1.807) is 11.4 Å². The van der Waals surface area contributed by atoms with Crippen molar-refractivity contribution in [1.82, 2.24) is 19.7 Å². The molecule has 0 fully saturated rings. The molecule has 0 unspecified atom stereocenters. The normalized spacial score (nSPS) is 11.2. The van der Waals surface area contributed by atoms with E-state index in [9.17, 15) is 9.59 Å². The minimum atomic E-state index is -0.351. The van der Waals surface area contributed by atoms with E-state index in [0.29, 0.717) is 21.3 Å². The summed E-state index contributed by atoms with van der Waals surface area (Å²) in [7, 11) is 0. The number of rotatable bonds is 5. The Kier molecular flexibility index (Phi) is 5.01. The van der Waals surface area contributed by atoms with Crippen LogP contribution in [-0.2, 0) is 11.3 Å². The van der Waals surface area contributed by atoms with Gasteiger partial charge in [0.05, 0.1) is 11.7 Å². The van der Waals surface area contributed by atoms with Crippen molar-refractivity contribution in [2.45, 2.75) is 26.3 Å². The average Bonchev–Trinajstić information content (AvgIpc) is 3.34. The van der Waals surface area contributed by atoms with Gasteiger partial charge >= 0.3 is 0 Å². The zero-order chi connectivity index (χ0) is 19.7. The van der Waals surface area contributed by atoms with Crippen molar-refractivity contribution >= 4 is 43.9 Å². The highest BCUT2D eigenvalue weighted by Crippen LogP contribution is 2.27. The molecule has 0 radical (unpaired) electrons. The fraction of sp³-hybridized carbons (Fsp3) is 0.211. The largest absolute Gasteiger partial charge is 0.299 e. The Labute approximate surface area is 168 Å². The van der Waals surface area contributed by atoms with Crippen LogP contribution < -0.4 is 10.9 Å². The average molecular weight is 412 g/mol. The van der Waals surface area contributed by atoms with Crippen molar-refractivity contribution in [3.05, 3.63) is 58.0 Å². The zero-order valence-electron chi connectivity index (χ0n) is 15.2. The molecule has 1 N–H and O–H groups in total. The summed E-state index contributed by atoms with van der Waals surface area (Å²) >= 11 is 2.68. The summed E-state index contributed by atoms with van der Waals surface area (Å²) in [6.07, 6.45) is 1.39. The van der Waals surface area contributed by atoms with Crippen LogP contribution in [-0.4, -0.2) is 25.7 Å². The number of carbonyl (C=O) groups excluding carboxylic acids is 1. The van der Waals surface area contributed by atoms with Crippen LogP contribution in [0.1, 0.15) is 25.3 Å². The summed E-state index contributed by atoms with van der Waals surface area (Å²) in [5.41, 5.74) is 1.97. The molecule has 4 rings (SSSR count). The number of amides is 1. The number of fused-ring (bicyclic) bond motifs is 1. The standard InChI is InChI=1S/C19H17N5O2S2/c1-11(2)12-3-5-13(6-4-12)16-22-23-19(28-16)21-15(25)9-24-10-20-17-14(18(24)26)7-8-27-17/h3-8,10-11H,9H2,1-2H3,(H,21,23,25). The van der Waals surface area contributed by atoms with Gasteiger partial charge in [0, 0.05) is 5.56 Å². The van der Waals surface area contributed by atoms with E-state index in [0.717, 1.165) is 10.6 Å². The smallest absolute Gasteiger partial charge is 0.262 e. The van der Waals surface area contributed by atoms with Gasteiger partial charge in [0.15, 0.2) is 0 Å². The molecule has 3 aromatic heterocycles. The van der Waals surface area contributed by atoms with Crippen molar-refractivity contribution in [2.24, 2.45) is 0 Å². The van der Waals surface area contributed by atoms with Crippen LogP contribution in [0.4, 0.5) is 5.13 Å². The summed E-state index contributed by atoms with van der Waals surface area (Å²) in [4.78, 5) is 29.5. The molecule has 7 nitrogen and oxygen atoms in total. The highest BCUT2D eigenvalue weighted by atomic mass is 32.1. The predicted octanol–water partition coefficient (Wildman–Crippen LogP) is 3.74. The van der Waals surface area contributed by atoms with Gasteiger partial charge < -0.3 is 0 Å². The van der Waals surface area contributed by atoms with Crippen LogP contribution in [0.2, 0.25) is 0 Å². The monoisotopic (exact) mass is 411 g/mol. The molecule has 9 heteroatoms. The van der Waals surface area contributed by atoms with Gasteiger partial charge in [0.1, 0.15) is 16.4 Å². The van der Waals surface area contributed by atoms with E-state index in [-0.39, 0.29) is 18.0 Å². The Morgan fingerprint density at radius 3 is 2.71 bits per heavy atom. The molecular formula is C19H17N5O2S2. The molecule has 0 aliphatic carbocycles. The lowest BCUT2D eigenvalue weighted by Crippen LogP contribution is -2.27. The van der Waals surface area contributed by atoms with Gasteiger partial charge in [-0.3, -0.25) is 19.5 Å². The van der Waals surface area contributed by atoms with E-state index in [2.05, 4.69) is 46.5 Å². The maximum Gasteiger partial charge on any atom is 0.262 e. The summed E-state index contributed by atoms with van der Waals surface area (Å²) in [5, 5.41) is 14.3. The molecule has 0 aliphatic heterocycles. The van der Waals surface area contributed by atoms with Crippen LogP contribution >= 0.6 is 22.7 Å². The quantitative estimate of drug-likeness (QED) is 0.540. The maximum absolute atomic E-state index is 12.4. The Morgan fingerprint density at radius 1 is 1.18 bits per heavy atom. The molecule has 1 amide bonds. The third kappa shape index (κ3) is 3.71. The lowest BCUT2D eigenvalue weighted by Gasteiger charge is -2.05. The van der Waals surface area contributed by atoms with Gasteiger partial charge in [0.25, 0.3) is 5.56 Å². The summed E-state index contributed by atoms with van der Waals surface area (Å²) < 4.78 is 1.29. The Hall–Kier alpha value is -2.91. The van der Waals surface area contributed by atoms with Gasteiger partial charge in [-0.25, -0.2) is 4.98 Å². The van der Waals surface area contributed by atoms with Crippen LogP contribution in [0.25, 0.3) is 20.8 Å². The number of benzene rings is 1. The van der Waals surface area contributed by atoms with Gasteiger partial charge in [0.2, 0.25) is 11.0 Å². The number of thiophene rings is 1. The van der Waals surface area contributed by atoms with Gasteiger partial charge in [-0.2, -0.15) is 0 Å². The number of anilines is 1. The predicted molar refractivity (Wildman–Crippen MR) is 112 cm³/mol. The van der Waals surface area contributed by atoms with Crippen molar-refractivity contribution in [3.8, 4) is 10.6 Å². The lowest BCUT2D eigenvalue weighted by molar-refractivity contribution is -0.116. The van der Waals surface area contributed by atoms with E-state index >= 15 is 0 Å². The Bertz CT molecular complexity index is 1190. The number of nitrogens with zero attached hydrogens (tertiary/aromatic N) is 4. The molecule has 0 atom stereocenters. The number of carbonyl (C=O) groups is 1. The van der Waals surface area contributed by atoms with Crippen LogP contribution in [0.15, 0.2) is 46.8 Å². The zero-order valence-corrected chi connectivity index (χ0v) is 16.9. The molecule has 1 aromatic carbocycles. The van der Waals surface area contributed by atoms with Crippen LogP contribution in [0.5, 0.6) is 0 Å². The molecule has 0 spiro atoms. The molecule has 4 aromatic rings. The summed E-state index contributed by atoms with van der Waals surface area (Å²) in [6, 6.07) is 9.86. The topological polar surface area (TPSA) is 89.8 Å². The van der Waals surface area contributed by atoms with Crippen molar-refractivity contribution in [1.29, 1.82) is 0 Å². The number of nitrogens with one attached hydrogen (secondary N) is 1. The van der Waals surface area contributed by atoms with E-state index in [4.69, 9.17) is 0 Å². The molecule has 142 valence electrons. The minimum absolute atomic E-state index is 0.129. The summed E-state index contributed by atoms with van der Waals surface area (Å²) in [5.74, 6) is 0.112. The molecule has 0 aliphatic rings. The fourth-order valence-corrected chi connectivity index (χ4v) is 4.21. The number of aromatic nitrogens is 4. The van der Waals surface area contributed by atoms with Crippen molar-refractivity contribution in [3.63, 3.8) is 0 Å². The third-order valence-corrected chi connectivity index (χ3v) is 5.97. The first kappa shape index (κ1) is 18.5. The molecule has 28 heavy (non-hydrogen) atoms. The lowest BCUT2D eigenvalue weighted by atomic mass is 10.0. The second-order valence-corrected chi connectivity index (χ2v) is 8.43. The molecule has 3 heterocycles. The SMILES string of the molecule is CC(C)c1ccc(-c2nnc(NC(=O)Cn3cnc4sccc4c3=O)s2)cc1. The first-order chi connectivity index (χ1) is 13.5. The maximum atomic E-state index is 12.4. The number of hydrogen-bond acceptors (Lipinski definition) is 7. The molecule has 0 saturated heterocycles. The Morgan fingerprint density at radius 2 is 1.96 bits per heavy atom. The van der Waals surface area contributed by atoms with E-state index < -0.39 is 0 Å². The van der Waals surface area contributed by atoms with Crippen molar-refractivity contribution < 1.29 is 4.79 Å². The summed E-state index contributed by atoms with van der Waals surface area (Å²) in [6.45, 7) is 4.16. The first-order valence-corrected chi connectivity index (χ1v) is 10.4. The second-order valence-electron chi connectivity index (χ2n) is 6.55. The third-order valence-electron chi connectivity index (χ3n) is 4.26. The fourth-order valence-electron chi connectivity index (χ4n) is 2.72. The molecular weight excluding hydrogens is 394 g/mol. The highest BCUT2D eigenvalue weighted by molar-refractivity contribution is 7.18. The Balaban J connectivity index is 1.46. The van der Waals surface area contributed by atoms with Crippen LogP contribution in [0.3, 0.4) is 0 Å². The second kappa shape index (κ2) is 7.61. The van der Waals surface area contributed by atoms with Gasteiger partial charge in [-0.05, 0) is 22.9 Å². The molecule has 0 bridgehead atoms. The molecule has 0 saturated carbocycles.